The Balaban J connectivity index is 0.000001000. The predicted octanol–water partition coefficient (Wildman–Crippen LogP) is 0.686. The van der Waals surface area contributed by atoms with Gasteiger partial charge in [0.05, 0.1) is 12.1 Å². The molecule has 4 heteroatoms. The Kier molecular flexibility index (Phi) is 5.22. The molecule has 0 aromatic rings. The van der Waals surface area contributed by atoms with Crippen LogP contribution >= 0.6 is 12.4 Å². The van der Waals surface area contributed by atoms with Crippen LogP contribution in [0.15, 0.2) is 0 Å². The molecule has 1 heterocycles. The van der Waals surface area contributed by atoms with Gasteiger partial charge in [-0.25, -0.2) is 0 Å². The van der Waals surface area contributed by atoms with E-state index in [1.807, 2.05) is 0 Å². The van der Waals surface area contributed by atoms with E-state index in [2.05, 4.69) is 6.07 Å². The highest BCUT2D eigenvalue weighted by molar-refractivity contribution is 5.85. The van der Waals surface area contributed by atoms with Crippen LogP contribution in [0.2, 0.25) is 0 Å². The number of halogens is 1. The minimum atomic E-state index is -0.288. The molecule has 1 fully saturated rings. The Morgan fingerprint density at radius 3 is 2.45 bits per heavy atom. The van der Waals surface area contributed by atoms with Crippen LogP contribution < -0.4 is 5.73 Å². The highest BCUT2D eigenvalue weighted by Crippen LogP contribution is 2.16. The lowest BCUT2D eigenvalue weighted by molar-refractivity contribution is 0.0635. The van der Waals surface area contributed by atoms with Crippen molar-refractivity contribution in [1.29, 1.82) is 5.26 Å². The summed E-state index contributed by atoms with van der Waals surface area (Å²) < 4.78 is 5.13. The number of hydrogen-bond acceptors (Lipinski definition) is 3. The fourth-order valence-electron chi connectivity index (χ4n) is 1.18. The largest absolute Gasteiger partial charge is 0.381 e. The van der Waals surface area contributed by atoms with Crippen LogP contribution in [-0.2, 0) is 4.74 Å². The molecule has 1 rings (SSSR count). The fourth-order valence-corrected chi connectivity index (χ4v) is 1.18. The van der Waals surface area contributed by atoms with Crippen molar-refractivity contribution in [1.82, 2.24) is 0 Å². The SMILES string of the molecule is Cl.N#CC(N)C1CCOCC1. The Labute approximate surface area is 72.9 Å². The Hall–Kier alpha value is -0.300. The maximum atomic E-state index is 8.47. The van der Waals surface area contributed by atoms with Gasteiger partial charge in [0, 0.05) is 13.2 Å². The molecule has 0 aromatic carbocycles. The molecule has 0 aromatic heterocycles. The maximum Gasteiger partial charge on any atom is 0.0958 e. The summed E-state index contributed by atoms with van der Waals surface area (Å²) in [5.41, 5.74) is 5.53. The maximum absolute atomic E-state index is 8.47. The van der Waals surface area contributed by atoms with E-state index in [4.69, 9.17) is 15.7 Å². The van der Waals surface area contributed by atoms with Crippen molar-refractivity contribution in [3.63, 3.8) is 0 Å². The smallest absolute Gasteiger partial charge is 0.0958 e. The Morgan fingerprint density at radius 2 is 2.00 bits per heavy atom. The summed E-state index contributed by atoms with van der Waals surface area (Å²) in [7, 11) is 0. The number of rotatable bonds is 1. The van der Waals surface area contributed by atoms with Crippen molar-refractivity contribution in [2.24, 2.45) is 11.7 Å². The molecule has 64 valence electrons. The van der Waals surface area contributed by atoms with Crippen molar-refractivity contribution in [2.75, 3.05) is 13.2 Å². The molecule has 1 unspecified atom stereocenters. The van der Waals surface area contributed by atoms with Crippen LogP contribution in [0.3, 0.4) is 0 Å². The lowest BCUT2D eigenvalue weighted by Crippen LogP contribution is -2.32. The van der Waals surface area contributed by atoms with Crippen molar-refractivity contribution in [2.45, 2.75) is 18.9 Å². The Morgan fingerprint density at radius 1 is 1.45 bits per heavy atom. The fraction of sp³-hybridized carbons (Fsp3) is 0.857. The summed E-state index contributed by atoms with van der Waals surface area (Å²) in [6.45, 7) is 1.53. The van der Waals surface area contributed by atoms with Crippen LogP contribution in [0.1, 0.15) is 12.8 Å². The summed E-state index contributed by atoms with van der Waals surface area (Å²) in [4.78, 5) is 0. The molecule has 1 atom stereocenters. The zero-order chi connectivity index (χ0) is 7.40. The number of nitrogens with two attached hydrogens (primary N) is 1. The van der Waals surface area contributed by atoms with Gasteiger partial charge in [0.1, 0.15) is 0 Å². The van der Waals surface area contributed by atoms with Gasteiger partial charge < -0.3 is 10.5 Å². The second kappa shape index (κ2) is 5.36. The van der Waals surface area contributed by atoms with Gasteiger partial charge >= 0.3 is 0 Å². The second-order valence-electron chi connectivity index (χ2n) is 2.60. The molecule has 0 saturated carbocycles. The first-order valence-corrected chi connectivity index (χ1v) is 3.57. The molecule has 0 bridgehead atoms. The third kappa shape index (κ3) is 3.06. The van der Waals surface area contributed by atoms with Crippen LogP contribution in [0.5, 0.6) is 0 Å². The molecular weight excluding hydrogens is 164 g/mol. The standard InChI is InChI=1S/C7H12N2O.ClH/c8-5-7(9)6-1-3-10-4-2-6;/h6-7H,1-4,9H2;1H. The first-order chi connectivity index (χ1) is 4.84. The lowest BCUT2D eigenvalue weighted by atomic mass is 9.93. The van der Waals surface area contributed by atoms with Crippen LogP contribution in [0.4, 0.5) is 0 Å². The highest BCUT2D eigenvalue weighted by Gasteiger charge is 2.19. The number of nitriles is 1. The Bertz CT molecular complexity index is 140. The van der Waals surface area contributed by atoms with Crippen molar-refractivity contribution < 1.29 is 4.74 Å². The van der Waals surface area contributed by atoms with Gasteiger partial charge in [0.25, 0.3) is 0 Å². The average molecular weight is 177 g/mol. The van der Waals surface area contributed by atoms with Gasteiger partial charge in [-0.2, -0.15) is 5.26 Å². The van der Waals surface area contributed by atoms with Gasteiger partial charge in [0.2, 0.25) is 0 Å². The number of ether oxygens (including phenoxy) is 1. The quantitative estimate of drug-likeness (QED) is 0.640. The van der Waals surface area contributed by atoms with Crippen molar-refractivity contribution in [3.8, 4) is 6.07 Å². The van der Waals surface area contributed by atoms with Gasteiger partial charge in [0.15, 0.2) is 0 Å². The third-order valence-electron chi connectivity index (χ3n) is 1.92. The summed E-state index contributed by atoms with van der Waals surface area (Å²) in [5, 5.41) is 8.47. The molecule has 1 aliphatic heterocycles. The van der Waals surface area contributed by atoms with Crippen LogP contribution in [0.25, 0.3) is 0 Å². The molecule has 0 amide bonds. The van der Waals surface area contributed by atoms with Gasteiger partial charge in [-0.3, -0.25) is 0 Å². The first kappa shape index (κ1) is 10.7. The highest BCUT2D eigenvalue weighted by atomic mass is 35.5. The van der Waals surface area contributed by atoms with E-state index in [1.165, 1.54) is 0 Å². The van der Waals surface area contributed by atoms with E-state index in [9.17, 15) is 0 Å². The number of hydrogen-bond donors (Lipinski definition) is 1. The number of nitrogens with zero attached hydrogens (tertiary/aromatic N) is 1. The molecule has 0 spiro atoms. The monoisotopic (exact) mass is 176 g/mol. The van der Waals surface area contributed by atoms with E-state index in [0.29, 0.717) is 5.92 Å². The van der Waals surface area contributed by atoms with Gasteiger partial charge in [-0.05, 0) is 18.8 Å². The lowest BCUT2D eigenvalue weighted by Gasteiger charge is -2.23. The van der Waals surface area contributed by atoms with Crippen molar-refractivity contribution >= 4 is 12.4 Å². The zero-order valence-electron chi connectivity index (χ0n) is 6.32. The summed E-state index contributed by atoms with van der Waals surface area (Å²) >= 11 is 0. The molecule has 1 aliphatic rings. The summed E-state index contributed by atoms with van der Waals surface area (Å²) in [6.07, 6.45) is 1.88. The molecule has 0 radical (unpaired) electrons. The average Bonchev–Trinajstić information content (AvgIpc) is 2.05. The molecular formula is C7H13ClN2O. The third-order valence-corrected chi connectivity index (χ3v) is 1.92. The molecule has 0 aliphatic carbocycles. The van der Waals surface area contributed by atoms with Crippen molar-refractivity contribution in [3.05, 3.63) is 0 Å². The van der Waals surface area contributed by atoms with Crippen LogP contribution in [-0.4, -0.2) is 19.3 Å². The van der Waals surface area contributed by atoms with E-state index in [1.54, 1.807) is 0 Å². The first-order valence-electron chi connectivity index (χ1n) is 3.57. The van der Waals surface area contributed by atoms with Gasteiger partial charge in [-0.15, -0.1) is 12.4 Å². The minimum absolute atomic E-state index is 0. The zero-order valence-corrected chi connectivity index (χ0v) is 7.14. The molecule has 3 nitrogen and oxygen atoms in total. The second-order valence-corrected chi connectivity index (χ2v) is 2.60. The molecule has 11 heavy (non-hydrogen) atoms. The van der Waals surface area contributed by atoms with E-state index in [-0.39, 0.29) is 18.4 Å². The normalized spacial score (nSPS) is 21.5. The topological polar surface area (TPSA) is 59.0 Å². The summed E-state index contributed by atoms with van der Waals surface area (Å²) in [5.74, 6) is 0.360. The molecule has 2 N–H and O–H groups in total. The minimum Gasteiger partial charge on any atom is -0.381 e. The van der Waals surface area contributed by atoms with Crippen LogP contribution in [0, 0.1) is 17.2 Å². The van der Waals surface area contributed by atoms with E-state index in [0.717, 1.165) is 26.1 Å². The summed E-state index contributed by atoms with van der Waals surface area (Å²) in [6, 6.07) is 1.77. The predicted molar refractivity (Wildman–Crippen MR) is 44.4 cm³/mol. The molecule has 1 saturated heterocycles. The van der Waals surface area contributed by atoms with E-state index < -0.39 is 0 Å². The van der Waals surface area contributed by atoms with E-state index >= 15 is 0 Å². The van der Waals surface area contributed by atoms with Gasteiger partial charge in [-0.1, -0.05) is 0 Å².